The maximum absolute atomic E-state index is 9.39. The van der Waals surface area contributed by atoms with Gasteiger partial charge in [0, 0.05) is 16.3 Å². The number of hydrogen-bond donors (Lipinski definition) is 1. The van der Waals surface area contributed by atoms with Gasteiger partial charge in [0.25, 0.3) is 0 Å². The van der Waals surface area contributed by atoms with E-state index in [0.717, 1.165) is 27.0 Å². The second kappa shape index (κ2) is 8.62. The molecule has 1 N–H and O–H groups in total. The lowest BCUT2D eigenvalue weighted by Crippen LogP contribution is -2.09. The normalized spacial score (nSPS) is 11.7. The predicted molar refractivity (Wildman–Crippen MR) is 124 cm³/mol. The van der Waals surface area contributed by atoms with Crippen molar-refractivity contribution < 1.29 is 9.47 Å². The van der Waals surface area contributed by atoms with Crippen LogP contribution in [-0.4, -0.2) is 24.2 Å². The Kier molecular flexibility index (Phi) is 5.74. The quantitative estimate of drug-likeness (QED) is 0.430. The first-order chi connectivity index (χ1) is 15.0. The zero-order valence-electron chi connectivity index (χ0n) is 17.5. The summed E-state index contributed by atoms with van der Waals surface area (Å²) in [5, 5.41) is 15.7. The average Bonchev–Trinajstić information content (AvgIpc) is 3.28. The number of ether oxygens (including phenoxy) is 2. The van der Waals surface area contributed by atoms with Gasteiger partial charge in [0.15, 0.2) is 11.5 Å². The van der Waals surface area contributed by atoms with E-state index >= 15 is 0 Å². The van der Waals surface area contributed by atoms with Crippen LogP contribution in [0.2, 0.25) is 0 Å². The number of anilines is 1. The number of methoxy groups -OCH3 is 2. The molecule has 4 rings (SSSR count). The molecule has 2 aromatic carbocycles. The van der Waals surface area contributed by atoms with E-state index in [-0.39, 0.29) is 11.9 Å². The molecular weight excluding hydrogens is 408 g/mol. The van der Waals surface area contributed by atoms with Crippen LogP contribution in [0.1, 0.15) is 29.2 Å². The van der Waals surface area contributed by atoms with Gasteiger partial charge in [0.2, 0.25) is 5.82 Å². The van der Waals surface area contributed by atoms with Crippen LogP contribution >= 0.6 is 11.3 Å². The molecule has 0 spiro atoms. The summed E-state index contributed by atoms with van der Waals surface area (Å²) < 4.78 is 10.8. The third-order valence-corrected chi connectivity index (χ3v) is 6.14. The Morgan fingerprint density at radius 3 is 2.55 bits per heavy atom. The lowest BCUT2D eigenvalue weighted by atomic mass is 10.0. The second-order valence-electron chi connectivity index (χ2n) is 6.99. The Hall–Kier alpha value is -3.63. The van der Waals surface area contributed by atoms with Crippen molar-refractivity contribution in [3.63, 3.8) is 0 Å². The van der Waals surface area contributed by atoms with Crippen molar-refractivity contribution in [1.29, 1.82) is 5.26 Å². The predicted octanol–water partition coefficient (Wildman–Crippen LogP) is 5.60. The van der Waals surface area contributed by atoms with Crippen LogP contribution in [0.3, 0.4) is 0 Å². The van der Waals surface area contributed by atoms with Gasteiger partial charge < -0.3 is 14.8 Å². The number of nitrogens with one attached hydrogen (secondary N) is 1. The summed E-state index contributed by atoms with van der Waals surface area (Å²) in [4.78, 5) is 9.87. The highest BCUT2D eigenvalue weighted by Crippen LogP contribution is 2.36. The molecule has 2 aromatic heterocycles. The third kappa shape index (κ3) is 4.03. The van der Waals surface area contributed by atoms with E-state index in [1.807, 2.05) is 30.3 Å². The molecule has 7 heteroatoms. The zero-order chi connectivity index (χ0) is 22.0. The molecular formula is C24H21N4O2S. The number of benzene rings is 2. The van der Waals surface area contributed by atoms with Crippen LogP contribution in [0.5, 0.6) is 11.5 Å². The molecule has 155 valence electrons. The first kappa shape index (κ1) is 20.6. The number of nitriles is 1. The number of nitrogens with zero attached hydrogens (tertiary/aromatic N) is 3. The molecule has 0 saturated heterocycles. The van der Waals surface area contributed by atoms with Gasteiger partial charge in [-0.25, -0.2) is 9.97 Å². The van der Waals surface area contributed by atoms with E-state index < -0.39 is 0 Å². The van der Waals surface area contributed by atoms with Gasteiger partial charge in [-0.3, -0.25) is 0 Å². The van der Waals surface area contributed by atoms with Crippen LogP contribution in [0, 0.1) is 18.3 Å². The number of rotatable bonds is 6. The molecule has 31 heavy (non-hydrogen) atoms. The number of hydrogen-bond acceptors (Lipinski definition) is 7. The van der Waals surface area contributed by atoms with Crippen LogP contribution in [-0.2, 0) is 0 Å². The first-order valence-corrected chi connectivity index (χ1v) is 10.5. The molecule has 0 unspecified atom stereocenters. The number of fused-ring (bicyclic) bond motifs is 1. The second-order valence-corrected chi connectivity index (χ2v) is 7.94. The minimum absolute atomic E-state index is 0.0338. The van der Waals surface area contributed by atoms with Gasteiger partial charge in [-0.15, -0.1) is 11.3 Å². The first-order valence-electron chi connectivity index (χ1n) is 9.64. The lowest BCUT2D eigenvalue weighted by molar-refractivity contribution is 0.356. The van der Waals surface area contributed by atoms with Crippen molar-refractivity contribution in [2.24, 2.45) is 0 Å². The van der Waals surface area contributed by atoms with E-state index in [1.54, 1.807) is 31.6 Å². The average molecular weight is 430 g/mol. The van der Waals surface area contributed by atoms with Crippen molar-refractivity contribution >= 4 is 28.1 Å². The zero-order valence-corrected chi connectivity index (χ0v) is 18.3. The van der Waals surface area contributed by atoms with Gasteiger partial charge in [0.05, 0.1) is 25.8 Å². The Labute approximate surface area is 185 Å². The lowest BCUT2D eigenvalue weighted by Gasteiger charge is -2.16. The van der Waals surface area contributed by atoms with Crippen molar-refractivity contribution in [3.05, 3.63) is 71.0 Å². The summed E-state index contributed by atoms with van der Waals surface area (Å²) in [6, 6.07) is 15.8. The molecule has 0 bridgehead atoms. The molecule has 0 aliphatic carbocycles. The van der Waals surface area contributed by atoms with Gasteiger partial charge in [-0.2, -0.15) is 5.26 Å². The summed E-state index contributed by atoms with van der Waals surface area (Å²) in [5.41, 5.74) is 3.86. The molecule has 0 amide bonds. The Morgan fingerprint density at radius 2 is 1.84 bits per heavy atom. The van der Waals surface area contributed by atoms with E-state index in [9.17, 15) is 5.26 Å². The monoisotopic (exact) mass is 429 g/mol. The van der Waals surface area contributed by atoms with Crippen molar-refractivity contribution in [2.45, 2.75) is 13.0 Å². The fourth-order valence-electron chi connectivity index (χ4n) is 3.41. The molecule has 0 aliphatic rings. The molecule has 0 aliphatic heterocycles. The molecule has 1 atom stereocenters. The topological polar surface area (TPSA) is 80.1 Å². The van der Waals surface area contributed by atoms with E-state index in [1.165, 1.54) is 0 Å². The van der Waals surface area contributed by atoms with E-state index in [4.69, 9.17) is 9.47 Å². The molecule has 0 saturated carbocycles. The van der Waals surface area contributed by atoms with Crippen LogP contribution < -0.4 is 14.8 Å². The SMILES string of the molecule is [CH2]c1ccccc1-c1csc([C@@H](C)Nc2nc(C#N)nc3cc(OC)c(OC)cc23)c1. The summed E-state index contributed by atoms with van der Waals surface area (Å²) in [5.74, 6) is 1.78. The molecule has 0 fully saturated rings. The Bertz CT molecular complexity index is 1290. The summed E-state index contributed by atoms with van der Waals surface area (Å²) in [7, 11) is 3.15. The summed E-state index contributed by atoms with van der Waals surface area (Å²) in [6.07, 6.45) is 0. The maximum atomic E-state index is 9.39. The highest BCUT2D eigenvalue weighted by atomic mass is 32.1. The maximum Gasteiger partial charge on any atom is 0.234 e. The third-order valence-electron chi connectivity index (χ3n) is 5.03. The molecule has 2 heterocycles. The smallest absolute Gasteiger partial charge is 0.234 e. The highest BCUT2D eigenvalue weighted by Gasteiger charge is 2.17. The number of aromatic nitrogens is 2. The van der Waals surface area contributed by atoms with E-state index in [2.05, 4.69) is 46.6 Å². The van der Waals surface area contributed by atoms with Gasteiger partial charge >= 0.3 is 0 Å². The minimum Gasteiger partial charge on any atom is -0.493 e. The summed E-state index contributed by atoms with van der Waals surface area (Å²) in [6.45, 7) is 6.18. The Balaban J connectivity index is 1.71. The van der Waals surface area contributed by atoms with Crippen LogP contribution in [0.15, 0.2) is 47.8 Å². The van der Waals surface area contributed by atoms with Crippen LogP contribution in [0.4, 0.5) is 5.82 Å². The molecule has 4 aromatic rings. The van der Waals surface area contributed by atoms with Gasteiger partial charge in [0.1, 0.15) is 11.9 Å². The minimum atomic E-state index is -0.0338. The van der Waals surface area contributed by atoms with E-state index in [0.29, 0.717) is 22.8 Å². The van der Waals surface area contributed by atoms with Crippen molar-refractivity contribution in [3.8, 4) is 28.7 Å². The molecule has 1 radical (unpaired) electrons. The summed E-state index contributed by atoms with van der Waals surface area (Å²) >= 11 is 1.67. The number of thiophene rings is 1. The largest absolute Gasteiger partial charge is 0.493 e. The fourth-order valence-corrected chi connectivity index (χ4v) is 4.33. The highest BCUT2D eigenvalue weighted by molar-refractivity contribution is 7.10. The van der Waals surface area contributed by atoms with Crippen molar-refractivity contribution in [2.75, 3.05) is 19.5 Å². The Morgan fingerprint density at radius 1 is 1.10 bits per heavy atom. The fraction of sp³-hybridized carbons (Fsp3) is 0.167. The standard InChI is InChI=1S/C24H21N4O2S/c1-14-7-5-6-8-17(14)16-9-22(31-13-16)15(2)26-24-18-10-20(29-3)21(30-4)11-19(18)27-23(12-25)28-24/h5-11,13,15H,1H2,2-4H3,(H,26,27,28)/t15-/m1/s1. The molecule has 6 nitrogen and oxygen atoms in total. The van der Waals surface area contributed by atoms with Gasteiger partial charge in [-0.05, 0) is 48.1 Å². The van der Waals surface area contributed by atoms with Crippen LogP contribution in [0.25, 0.3) is 22.0 Å². The van der Waals surface area contributed by atoms with Gasteiger partial charge in [-0.1, -0.05) is 24.3 Å². The van der Waals surface area contributed by atoms with Crippen molar-refractivity contribution in [1.82, 2.24) is 9.97 Å².